The summed E-state index contributed by atoms with van der Waals surface area (Å²) in [5, 5.41) is 0. The first-order valence-electron chi connectivity index (χ1n) is 7.29. The van der Waals surface area contributed by atoms with Crippen molar-refractivity contribution >= 4 is 5.78 Å². The van der Waals surface area contributed by atoms with Crippen LogP contribution in [0.3, 0.4) is 0 Å². The Morgan fingerprint density at radius 2 is 1.78 bits per heavy atom. The van der Waals surface area contributed by atoms with Crippen LogP contribution in [0.4, 0.5) is 0 Å². The summed E-state index contributed by atoms with van der Waals surface area (Å²) in [6, 6.07) is 7.09. The Hall–Kier alpha value is -2.47. The molecule has 0 fully saturated rings. The number of carbonyl (C=O) groups excluding carboxylic acids is 1. The molecule has 0 unspecified atom stereocenters. The summed E-state index contributed by atoms with van der Waals surface area (Å²) in [6.45, 7) is 2.21. The lowest BCUT2D eigenvalue weighted by atomic mass is 10.0. The van der Waals surface area contributed by atoms with Crippen LogP contribution in [0.1, 0.15) is 27.2 Å². The van der Waals surface area contributed by atoms with Gasteiger partial charge >= 0.3 is 5.69 Å². The van der Waals surface area contributed by atoms with Gasteiger partial charge in [-0.2, -0.15) is 0 Å². The molecular weight excluding hydrogens is 294 g/mol. The van der Waals surface area contributed by atoms with Crippen molar-refractivity contribution in [1.82, 2.24) is 14.0 Å². The Labute approximate surface area is 134 Å². The van der Waals surface area contributed by atoms with Gasteiger partial charge in [-0.1, -0.05) is 23.8 Å². The van der Waals surface area contributed by atoms with E-state index in [1.165, 1.54) is 11.6 Å². The number of benzene rings is 1. The molecule has 2 rings (SSSR count). The first-order chi connectivity index (χ1) is 10.7. The third kappa shape index (κ3) is 3.17. The van der Waals surface area contributed by atoms with Crippen molar-refractivity contribution in [2.45, 2.75) is 13.5 Å². The Morgan fingerprint density at radius 3 is 2.35 bits per heavy atom. The van der Waals surface area contributed by atoms with E-state index >= 15 is 0 Å². The molecule has 1 heterocycles. The maximum Gasteiger partial charge on any atom is 0.330 e. The maximum atomic E-state index is 12.9. The van der Waals surface area contributed by atoms with Gasteiger partial charge < -0.3 is 4.90 Å². The maximum absolute atomic E-state index is 12.9. The largest absolute Gasteiger partial charge is 0.330 e. The van der Waals surface area contributed by atoms with Gasteiger partial charge in [0.05, 0.1) is 5.69 Å². The average molecular weight is 315 g/mol. The van der Waals surface area contributed by atoms with E-state index in [-0.39, 0.29) is 11.3 Å². The molecule has 0 aliphatic heterocycles. The van der Waals surface area contributed by atoms with Crippen molar-refractivity contribution in [3.63, 3.8) is 0 Å². The minimum absolute atomic E-state index is 0.0499. The number of aromatic nitrogens is 2. The third-order valence-electron chi connectivity index (χ3n) is 3.76. The topological polar surface area (TPSA) is 64.3 Å². The van der Waals surface area contributed by atoms with Crippen molar-refractivity contribution in [3.8, 4) is 0 Å². The molecule has 0 saturated heterocycles. The second kappa shape index (κ2) is 6.34. The molecule has 2 aromatic rings. The summed E-state index contributed by atoms with van der Waals surface area (Å²) in [5.74, 6) is -0.359. The fraction of sp³-hybridized carbons (Fsp3) is 0.353. The fourth-order valence-electron chi connectivity index (χ4n) is 2.53. The van der Waals surface area contributed by atoms with Crippen LogP contribution in [0.2, 0.25) is 0 Å². The van der Waals surface area contributed by atoms with Gasteiger partial charge in [-0.3, -0.25) is 18.7 Å². The zero-order chi connectivity index (χ0) is 17.3. The molecule has 0 aliphatic carbocycles. The summed E-state index contributed by atoms with van der Waals surface area (Å²) >= 11 is 0. The zero-order valence-electron chi connectivity index (χ0n) is 14.1. The highest BCUT2D eigenvalue weighted by Crippen LogP contribution is 2.13. The summed E-state index contributed by atoms with van der Waals surface area (Å²) in [7, 11) is 6.61. The van der Waals surface area contributed by atoms with Gasteiger partial charge in [0.25, 0.3) is 5.56 Å². The molecule has 0 amide bonds. The van der Waals surface area contributed by atoms with Crippen LogP contribution in [-0.2, 0) is 20.6 Å². The van der Waals surface area contributed by atoms with E-state index in [9.17, 15) is 14.4 Å². The van der Waals surface area contributed by atoms with Crippen LogP contribution in [0.5, 0.6) is 0 Å². The number of hydrogen-bond acceptors (Lipinski definition) is 4. The standard InChI is InChI=1S/C17H21N3O3/c1-11-7-6-8-12(9-11)15(21)14-13(10-18(2)3)19(4)17(23)20(5)16(14)22/h6-9H,10H2,1-5H3. The predicted octanol–water partition coefficient (Wildman–Crippen LogP) is 0.685. The van der Waals surface area contributed by atoms with E-state index < -0.39 is 11.2 Å². The van der Waals surface area contributed by atoms with Crippen molar-refractivity contribution in [3.05, 3.63) is 67.5 Å². The summed E-state index contributed by atoms with van der Waals surface area (Å²) in [4.78, 5) is 39.4. The number of aryl methyl sites for hydroxylation is 1. The SMILES string of the molecule is Cc1cccc(C(=O)c2c(CN(C)C)n(C)c(=O)n(C)c2=O)c1. The predicted molar refractivity (Wildman–Crippen MR) is 88.9 cm³/mol. The molecule has 6 heteroatoms. The van der Waals surface area contributed by atoms with Crippen molar-refractivity contribution in [1.29, 1.82) is 0 Å². The molecule has 0 saturated carbocycles. The van der Waals surface area contributed by atoms with E-state index in [0.29, 0.717) is 17.8 Å². The lowest BCUT2D eigenvalue weighted by molar-refractivity contribution is 0.103. The molecule has 0 N–H and O–H groups in total. The first kappa shape index (κ1) is 16.9. The molecule has 23 heavy (non-hydrogen) atoms. The van der Waals surface area contributed by atoms with Crippen LogP contribution < -0.4 is 11.2 Å². The van der Waals surface area contributed by atoms with Gasteiger partial charge in [0.15, 0.2) is 5.78 Å². The molecule has 0 aliphatic rings. The molecule has 122 valence electrons. The van der Waals surface area contributed by atoms with Gasteiger partial charge in [-0.25, -0.2) is 4.79 Å². The normalized spacial score (nSPS) is 11.0. The van der Waals surface area contributed by atoms with Gasteiger partial charge in [-0.05, 0) is 27.1 Å². The Kier molecular flexibility index (Phi) is 4.65. The third-order valence-corrected chi connectivity index (χ3v) is 3.76. The van der Waals surface area contributed by atoms with E-state index in [1.54, 1.807) is 25.2 Å². The summed E-state index contributed by atoms with van der Waals surface area (Å²) < 4.78 is 2.34. The van der Waals surface area contributed by atoms with Gasteiger partial charge in [0.1, 0.15) is 5.56 Å². The van der Waals surface area contributed by atoms with Crippen LogP contribution in [-0.4, -0.2) is 33.9 Å². The Balaban J connectivity index is 2.77. The number of rotatable bonds is 4. The molecule has 0 spiro atoms. The second-order valence-electron chi connectivity index (χ2n) is 5.96. The first-order valence-corrected chi connectivity index (χ1v) is 7.29. The molecular formula is C17H21N3O3. The van der Waals surface area contributed by atoms with Crippen LogP contribution in [0, 0.1) is 6.92 Å². The number of hydrogen-bond donors (Lipinski definition) is 0. The average Bonchev–Trinajstić information content (AvgIpc) is 2.50. The Bertz CT molecular complexity index is 876. The minimum Gasteiger partial charge on any atom is -0.304 e. The zero-order valence-corrected chi connectivity index (χ0v) is 14.1. The van der Waals surface area contributed by atoms with Crippen molar-refractivity contribution < 1.29 is 4.79 Å². The van der Waals surface area contributed by atoms with Crippen molar-refractivity contribution in [2.24, 2.45) is 14.1 Å². The lowest BCUT2D eigenvalue weighted by Gasteiger charge is -2.18. The van der Waals surface area contributed by atoms with Crippen molar-refractivity contribution in [2.75, 3.05) is 14.1 Å². The van der Waals surface area contributed by atoms with E-state index in [2.05, 4.69) is 0 Å². The summed E-state index contributed by atoms with van der Waals surface area (Å²) in [6.07, 6.45) is 0. The summed E-state index contributed by atoms with van der Waals surface area (Å²) in [5.41, 5.74) is 0.861. The fourth-order valence-corrected chi connectivity index (χ4v) is 2.53. The molecule has 0 radical (unpaired) electrons. The van der Waals surface area contributed by atoms with E-state index in [0.717, 1.165) is 10.1 Å². The minimum atomic E-state index is -0.559. The van der Waals surface area contributed by atoms with Gasteiger partial charge in [-0.15, -0.1) is 0 Å². The van der Waals surface area contributed by atoms with Crippen LogP contribution in [0.25, 0.3) is 0 Å². The smallest absolute Gasteiger partial charge is 0.304 e. The molecule has 1 aromatic carbocycles. The molecule has 1 aromatic heterocycles. The highest BCUT2D eigenvalue weighted by molar-refractivity contribution is 6.09. The van der Waals surface area contributed by atoms with Gasteiger partial charge in [0, 0.05) is 26.2 Å². The monoisotopic (exact) mass is 315 g/mol. The Morgan fingerprint density at radius 1 is 1.13 bits per heavy atom. The van der Waals surface area contributed by atoms with Gasteiger partial charge in [0.2, 0.25) is 0 Å². The second-order valence-corrected chi connectivity index (χ2v) is 5.96. The molecule has 6 nitrogen and oxygen atoms in total. The van der Waals surface area contributed by atoms with Crippen LogP contribution in [0.15, 0.2) is 33.9 Å². The number of ketones is 1. The highest BCUT2D eigenvalue weighted by atomic mass is 16.2. The number of nitrogens with zero attached hydrogens (tertiary/aromatic N) is 3. The van der Waals surface area contributed by atoms with Crippen LogP contribution >= 0.6 is 0 Å². The molecule has 0 bridgehead atoms. The highest BCUT2D eigenvalue weighted by Gasteiger charge is 2.23. The lowest BCUT2D eigenvalue weighted by Crippen LogP contribution is -2.43. The molecule has 0 atom stereocenters. The quantitative estimate of drug-likeness (QED) is 0.779. The number of carbonyl (C=O) groups is 1. The van der Waals surface area contributed by atoms with E-state index in [1.807, 2.05) is 32.0 Å². The van der Waals surface area contributed by atoms with E-state index in [4.69, 9.17) is 0 Å².